The minimum atomic E-state index is -1.03. The van der Waals surface area contributed by atoms with Gasteiger partial charge in [-0.1, -0.05) is 33.6 Å². The lowest BCUT2D eigenvalue weighted by Gasteiger charge is -2.43. The van der Waals surface area contributed by atoms with E-state index in [0.717, 1.165) is 31.8 Å². The number of benzene rings is 1. The normalized spacial score (nSPS) is 25.3. The molecule has 186 valence electrons. The van der Waals surface area contributed by atoms with E-state index < -0.39 is 23.2 Å². The lowest BCUT2D eigenvalue weighted by Crippen LogP contribution is -2.50. The van der Waals surface area contributed by atoms with Crippen molar-refractivity contribution in [1.82, 2.24) is 9.80 Å². The molecule has 33 heavy (non-hydrogen) atoms. The van der Waals surface area contributed by atoms with Crippen LogP contribution in [0.25, 0.3) is 0 Å². The number of hydrogen-bond acceptors (Lipinski definition) is 3. The van der Waals surface area contributed by atoms with Crippen molar-refractivity contribution in [3.63, 3.8) is 0 Å². The zero-order valence-corrected chi connectivity index (χ0v) is 20.3. The molecule has 0 spiro atoms. The topological polar surface area (TPSA) is 32.8 Å². The van der Waals surface area contributed by atoms with Crippen molar-refractivity contribution in [3.8, 4) is 5.75 Å². The molecule has 7 heteroatoms. The number of nitrogens with zero attached hydrogens (tertiary/aromatic N) is 2. The number of likely N-dealkylation sites (tertiary alicyclic amines) is 2. The summed E-state index contributed by atoms with van der Waals surface area (Å²) < 4.78 is 46.2. The molecule has 1 aromatic rings. The van der Waals surface area contributed by atoms with Crippen LogP contribution in [0, 0.1) is 29.3 Å². The van der Waals surface area contributed by atoms with Gasteiger partial charge in [0.15, 0.2) is 17.4 Å². The van der Waals surface area contributed by atoms with Crippen molar-refractivity contribution in [3.05, 3.63) is 29.6 Å². The molecule has 2 saturated heterocycles. The Labute approximate surface area is 196 Å². The van der Waals surface area contributed by atoms with Gasteiger partial charge in [0, 0.05) is 50.0 Å². The van der Waals surface area contributed by atoms with Gasteiger partial charge in [0.1, 0.15) is 11.9 Å². The molecule has 2 heterocycles. The maximum absolute atomic E-state index is 13.8. The van der Waals surface area contributed by atoms with Crippen LogP contribution >= 0.6 is 0 Å². The predicted molar refractivity (Wildman–Crippen MR) is 124 cm³/mol. The third kappa shape index (κ3) is 6.43. The number of halogens is 3. The molecule has 0 radical (unpaired) electrons. The fraction of sp³-hybridized carbons (Fsp3) is 0.731. The molecular weight excluding hydrogens is 429 g/mol. The highest BCUT2D eigenvalue weighted by Gasteiger charge is 2.35. The maximum atomic E-state index is 13.8. The Morgan fingerprint density at radius 3 is 2.03 bits per heavy atom. The summed E-state index contributed by atoms with van der Waals surface area (Å²) in [5.41, 5.74) is 0. The summed E-state index contributed by atoms with van der Waals surface area (Å²) in [6, 6.07) is 1.92. The molecule has 1 saturated carbocycles. The van der Waals surface area contributed by atoms with E-state index in [1.807, 2.05) is 18.7 Å². The van der Waals surface area contributed by atoms with Crippen LogP contribution in [0.1, 0.15) is 72.1 Å². The van der Waals surface area contributed by atoms with Crippen LogP contribution in [0.3, 0.4) is 0 Å². The van der Waals surface area contributed by atoms with Gasteiger partial charge in [-0.3, -0.25) is 4.79 Å². The molecule has 4 rings (SSSR count). The van der Waals surface area contributed by atoms with E-state index in [4.69, 9.17) is 4.74 Å². The number of piperidine rings is 2. The summed E-state index contributed by atoms with van der Waals surface area (Å²) in [4.78, 5) is 17.5. The highest BCUT2D eigenvalue weighted by Crippen LogP contribution is 2.32. The largest absolute Gasteiger partial charge is 0.484 e. The monoisotopic (exact) mass is 468 g/mol. The first-order valence-electron chi connectivity index (χ1n) is 12.8. The molecule has 2 unspecified atom stereocenters. The van der Waals surface area contributed by atoms with Gasteiger partial charge in [0.05, 0.1) is 0 Å². The van der Waals surface area contributed by atoms with Crippen LogP contribution < -0.4 is 4.74 Å². The number of carbonyl (C=O) groups is 1. The number of amides is 1. The second-order valence-corrected chi connectivity index (χ2v) is 9.48. The zero-order chi connectivity index (χ0) is 24.0. The average molecular weight is 469 g/mol. The molecule has 1 aliphatic carbocycles. The first-order valence-corrected chi connectivity index (χ1v) is 12.8. The second-order valence-electron chi connectivity index (χ2n) is 9.48. The summed E-state index contributed by atoms with van der Waals surface area (Å²) in [7, 11) is 0. The SMILES string of the molecule is CC.CC1CCCCC1N1CCC(C(=O)N2CCC(Oc3c(F)cc(F)cc3F)CC2)CC1. The number of carbonyl (C=O) groups excluding carboxylic acids is 1. The van der Waals surface area contributed by atoms with E-state index in [9.17, 15) is 18.0 Å². The highest BCUT2D eigenvalue weighted by molar-refractivity contribution is 5.79. The van der Waals surface area contributed by atoms with Gasteiger partial charge in [-0.05, 0) is 44.7 Å². The van der Waals surface area contributed by atoms with E-state index >= 15 is 0 Å². The third-order valence-corrected chi connectivity index (χ3v) is 7.42. The van der Waals surface area contributed by atoms with E-state index in [1.54, 1.807) is 0 Å². The Morgan fingerprint density at radius 1 is 0.879 bits per heavy atom. The van der Waals surface area contributed by atoms with Gasteiger partial charge in [-0.2, -0.15) is 0 Å². The van der Waals surface area contributed by atoms with E-state index in [0.29, 0.717) is 44.1 Å². The minimum Gasteiger partial charge on any atom is -0.484 e. The summed E-state index contributed by atoms with van der Waals surface area (Å²) >= 11 is 0. The smallest absolute Gasteiger partial charge is 0.225 e. The summed E-state index contributed by atoms with van der Waals surface area (Å²) in [6.45, 7) is 9.39. The zero-order valence-electron chi connectivity index (χ0n) is 20.3. The fourth-order valence-corrected chi connectivity index (χ4v) is 5.58. The van der Waals surface area contributed by atoms with Crippen LogP contribution in [0.2, 0.25) is 0 Å². The molecule has 0 aromatic heterocycles. The average Bonchev–Trinajstić information content (AvgIpc) is 2.83. The number of rotatable bonds is 4. The van der Waals surface area contributed by atoms with Crippen molar-refractivity contribution in [2.45, 2.75) is 84.3 Å². The third-order valence-electron chi connectivity index (χ3n) is 7.42. The Balaban J connectivity index is 0.00000149. The van der Waals surface area contributed by atoms with Gasteiger partial charge in [0.2, 0.25) is 5.91 Å². The molecule has 1 aromatic carbocycles. The Morgan fingerprint density at radius 2 is 1.45 bits per heavy atom. The Hall–Kier alpha value is -1.76. The van der Waals surface area contributed by atoms with Gasteiger partial charge >= 0.3 is 0 Å². The van der Waals surface area contributed by atoms with E-state index in [2.05, 4.69) is 11.8 Å². The lowest BCUT2D eigenvalue weighted by atomic mass is 9.83. The highest BCUT2D eigenvalue weighted by atomic mass is 19.1. The molecule has 3 fully saturated rings. The molecule has 2 aliphatic heterocycles. The van der Waals surface area contributed by atoms with Gasteiger partial charge in [-0.25, -0.2) is 13.2 Å². The van der Waals surface area contributed by atoms with Crippen LogP contribution in [0.5, 0.6) is 5.75 Å². The first kappa shape index (κ1) is 25.9. The van der Waals surface area contributed by atoms with Crippen molar-refractivity contribution in [1.29, 1.82) is 0 Å². The van der Waals surface area contributed by atoms with Crippen molar-refractivity contribution >= 4 is 5.91 Å². The minimum absolute atomic E-state index is 0.0691. The van der Waals surface area contributed by atoms with Crippen LogP contribution in [-0.4, -0.2) is 54.0 Å². The number of ether oxygens (including phenoxy) is 1. The van der Waals surface area contributed by atoms with E-state index in [1.165, 1.54) is 25.7 Å². The van der Waals surface area contributed by atoms with Crippen molar-refractivity contribution in [2.24, 2.45) is 11.8 Å². The number of hydrogen-bond donors (Lipinski definition) is 0. The molecule has 4 nitrogen and oxygen atoms in total. The molecule has 1 amide bonds. The van der Waals surface area contributed by atoms with Gasteiger partial charge in [0.25, 0.3) is 0 Å². The molecule has 0 N–H and O–H groups in total. The van der Waals surface area contributed by atoms with Crippen LogP contribution in [0.4, 0.5) is 13.2 Å². The first-order chi connectivity index (χ1) is 15.9. The fourth-order valence-electron chi connectivity index (χ4n) is 5.58. The quantitative estimate of drug-likeness (QED) is 0.561. The maximum Gasteiger partial charge on any atom is 0.225 e. The van der Waals surface area contributed by atoms with E-state index in [-0.39, 0.29) is 17.9 Å². The van der Waals surface area contributed by atoms with Crippen LogP contribution in [0.15, 0.2) is 12.1 Å². The molecule has 2 atom stereocenters. The second kappa shape index (κ2) is 12.1. The van der Waals surface area contributed by atoms with Gasteiger partial charge < -0.3 is 14.5 Å². The summed E-state index contributed by atoms with van der Waals surface area (Å²) in [5, 5.41) is 0. The molecule has 3 aliphatic rings. The van der Waals surface area contributed by atoms with Crippen molar-refractivity contribution in [2.75, 3.05) is 26.2 Å². The van der Waals surface area contributed by atoms with Crippen molar-refractivity contribution < 1.29 is 22.7 Å². The lowest BCUT2D eigenvalue weighted by molar-refractivity contribution is -0.139. The predicted octanol–water partition coefficient (Wildman–Crippen LogP) is 5.79. The van der Waals surface area contributed by atoms with Gasteiger partial charge in [-0.15, -0.1) is 0 Å². The molecular formula is C26H39F3N2O2. The Kier molecular flexibility index (Phi) is 9.47. The standard InChI is InChI=1S/C24H33F3N2O2.C2H6/c1-16-4-2-3-5-22(16)28-10-6-17(7-11-28)24(30)29-12-8-19(9-13-29)31-23-20(26)14-18(25)15-21(23)27;1-2/h14-17,19,22H,2-13H2,1H3;1-2H3. The summed E-state index contributed by atoms with van der Waals surface area (Å²) in [6.07, 6.45) is 7.71. The molecule has 0 bridgehead atoms. The Bertz CT molecular complexity index is 752. The van der Waals surface area contributed by atoms with Crippen LogP contribution in [-0.2, 0) is 4.79 Å². The summed E-state index contributed by atoms with van der Waals surface area (Å²) in [5.74, 6) is -2.54.